The van der Waals surface area contributed by atoms with Crippen LogP contribution in [0.4, 0.5) is 5.69 Å². The van der Waals surface area contributed by atoms with E-state index in [1.807, 2.05) is 12.1 Å². The number of primary amides is 1. The second-order valence-electron chi connectivity index (χ2n) is 5.66. The van der Waals surface area contributed by atoms with E-state index in [-0.39, 0.29) is 0 Å². The summed E-state index contributed by atoms with van der Waals surface area (Å²) in [6.45, 7) is 1.60. The highest BCUT2D eigenvalue weighted by atomic mass is 16.2. The van der Waals surface area contributed by atoms with Crippen molar-refractivity contribution in [3.63, 3.8) is 0 Å². The van der Waals surface area contributed by atoms with E-state index in [4.69, 9.17) is 19.3 Å². The topological polar surface area (TPSA) is 98.2 Å². The predicted octanol–water partition coefficient (Wildman–Crippen LogP) is 1.23. The molecule has 0 spiro atoms. The molecular formula is C19H18BN3O2. The summed E-state index contributed by atoms with van der Waals surface area (Å²) < 4.78 is 0. The van der Waals surface area contributed by atoms with E-state index in [0.29, 0.717) is 11.3 Å². The van der Waals surface area contributed by atoms with Crippen LogP contribution >= 0.6 is 0 Å². The Morgan fingerprint density at radius 3 is 1.92 bits per heavy atom. The second kappa shape index (κ2) is 8.07. The lowest BCUT2D eigenvalue weighted by molar-refractivity contribution is -0.119. The van der Waals surface area contributed by atoms with E-state index < -0.39 is 23.7 Å². The molecule has 0 saturated heterocycles. The molecule has 0 fully saturated rings. The summed E-state index contributed by atoms with van der Waals surface area (Å²) in [5.74, 6) is 4.36. The van der Waals surface area contributed by atoms with Gasteiger partial charge in [-0.25, -0.2) is 0 Å². The van der Waals surface area contributed by atoms with Crippen molar-refractivity contribution in [2.45, 2.75) is 18.8 Å². The smallest absolute Gasteiger partial charge is 0.251 e. The van der Waals surface area contributed by atoms with Crippen LogP contribution in [0.15, 0.2) is 48.5 Å². The lowest BCUT2D eigenvalue weighted by Gasteiger charge is -2.19. The summed E-state index contributed by atoms with van der Waals surface area (Å²) in [7, 11) is 5.65. The lowest BCUT2D eigenvalue weighted by atomic mass is 9.82. The van der Waals surface area contributed by atoms with Crippen LogP contribution in [0.3, 0.4) is 0 Å². The van der Waals surface area contributed by atoms with Crippen LogP contribution in [-0.4, -0.2) is 25.7 Å². The first-order valence-electron chi connectivity index (χ1n) is 7.70. The van der Waals surface area contributed by atoms with Crippen molar-refractivity contribution in [3.05, 3.63) is 65.2 Å². The number of nitrogens with one attached hydrogen (secondary N) is 1. The van der Waals surface area contributed by atoms with Crippen LogP contribution in [0.5, 0.6) is 0 Å². The van der Waals surface area contributed by atoms with E-state index in [2.05, 4.69) is 17.2 Å². The van der Waals surface area contributed by atoms with E-state index >= 15 is 0 Å². The Hall–Kier alpha value is -3.20. The third-order valence-electron chi connectivity index (χ3n) is 3.53. The third-order valence-corrected chi connectivity index (χ3v) is 3.53. The minimum absolute atomic E-state index is 0.393. The first-order chi connectivity index (χ1) is 11.9. The Bertz CT molecular complexity index is 818. The number of nitrogen functional groups attached to an aromatic ring is 1. The molecule has 6 heteroatoms. The number of benzene rings is 2. The maximum atomic E-state index is 12.2. The number of amides is 2. The molecule has 0 aliphatic rings. The molecule has 2 radical (unpaired) electrons. The molecule has 5 N–H and O–H groups in total. The quantitative estimate of drug-likeness (QED) is 0.446. The highest BCUT2D eigenvalue weighted by Crippen LogP contribution is 2.09. The predicted molar refractivity (Wildman–Crippen MR) is 98.9 cm³/mol. The van der Waals surface area contributed by atoms with Gasteiger partial charge in [-0.05, 0) is 48.5 Å². The van der Waals surface area contributed by atoms with Crippen molar-refractivity contribution < 1.29 is 9.59 Å². The summed E-state index contributed by atoms with van der Waals surface area (Å²) >= 11 is 0. The highest BCUT2D eigenvalue weighted by molar-refractivity contribution is 6.14. The molecule has 0 aliphatic heterocycles. The fourth-order valence-corrected chi connectivity index (χ4v) is 2.10. The van der Waals surface area contributed by atoms with E-state index in [9.17, 15) is 9.59 Å². The minimum Gasteiger partial charge on any atom is -0.399 e. The van der Waals surface area contributed by atoms with Gasteiger partial charge in [-0.15, -0.1) is 0 Å². The molecule has 0 aliphatic carbocycles. The average Bonchev–Trinajstić information content (AvgIpc) is 2.59. The van der Waals surface area contributed by atoms with Crippen LogP contribution in [0.25, 0.3) is 0 Å². The molecule has 2 aromatic carbocycles. The van der Waals surface area contributed by atoms with Gasteiger partial charge in [-0.1, -0.05) is 24.6 Å². The largest absolute Gasteiger partial charge is 0.399 e. The van der Waals surface area contributed by atoms with Crippen molar-refractivity contribution in [2.24, 2.45) is 5.73 Å². The summed E-state index contributed by atoms with van der Waals surface area (Å²) in [4.78, 5) is 23.5. The maximum absolute atomic E-state index is 12.2. The molecule has 2 rings (SSSR count). The first kappa shape index (κ1) is 18.1. The molecule has 0 aromatic heterocycles. The van der Waals surface area contributed by atoms with Gasteiger partial charge in [0.15, 0.2) is 0 Å². The number of hydrogen-bond acceptors (Lipinski definition) is 3. The van der Waals surface area contributed by atoms with Crippen LogP contribution in [0.2, 0.25) is 5.82 Å². The normalized spacial score (nSPS) is 12.4. The van der Waals surface area contributed by atoms with Crippen molar-refractivity contribution in [1.82, 2.24) is 5.32 Å². The molecule has 2 amide bonds. The summed E-state index contributed by atoms with van der Waals surface area (Å²) in [5.41, 5.74) is 13.5. The van der Waals surface area contributed by atoms with Gasteiger partial charge in [0.2, 0.25) is 5.91 Å². The zero-order valence-electron chi connectivity index (χ0n) is 13.8. The van der Waals surface area contributed by atoms with E-state index in [0.717, 1.165) is 11.1 Å². The van der Waals surface area contributed by atoms with Gasteiger partial charge in [0.05, 0.1) is 7.85 Å². The zero-order chi connectivity index (χ0) is 18.4. The Morgan fingerprint density at radius 1 is 1.00 bits per heavy atom. The van der Waals surface area contributed by atoms with Crippen LogP contribution in [-0.2, 0) is 4.79 Å². The fourth-order valence-electron chi connectivity index (χ4n) is 2.10. The molecule has 2 atom stereocenters. The molecule has 25 heavy (non-hydrogen) atoms. The highest BCUT2D eigenvalue weighted by Gasteiger charge is 2.21. The van der Waals surface area contributed by atoms with Crippen molar-refractivity contribution >= 4 is 25.3 Å². The van der Waals surface area contributed by atoms with Crippen molar-refractivity contribution in [2.75, 3.05) is 5.73 Å². The molecular weight excluding hydrogens is 313 g/mol. The van der Waals surface area contributed by atoms with Crippen molar-refractivity contribution in [3.8, 4) is 11.8 Å². The number of nitrogens with two attached hydrogens (primary N) is 2. The number of rotatable bonds is 4. The SMILES string of the molecule is [B]C(C)C(NC(=O)c1ccc(C#Cc2ccc(N)cc2)cc1)C(N)=O. The Morgan fingerprint density at radius 2 is 1.48 bits per heavy atom. The Labute approximate surface area is 148 Å². The molecule has 0 bridgehead atoms. The summed E-state index contributed by atoms with van der Waals surface area (Å²) in [5, 5.41) is 2.53. The van der Waals surface area contributed by atoms with Crippen LogP contribution < -0.4 is 16.8 Å². The second-order valence-corrected chi connectivity index (χ2v) is 5.66. The minimum atomic E-state index is -0.919. The first-order valence-corrected chi connectivity index (χ1v) is 7.70. The van der Waals surface area contributed by atoms with Gasteiger partial charge in [-0.3, -0.25) is 9.59 Å². The van der Waals surface area contributed by atoms with Gasteiger partial charge in [0, 0.05) is 22.4 Å². The Balaban J connectivity index is 2.08. The van der Waals surface area contributed by atoms with Crippen LogP contribution in [0.1, 0.15) is 28.4 Å². The number of carbonyl (C=O) groups is 2. The number of anilines is 1. The monoisotopic (exact) mass is 331 g/mol. The third kappa shape index (κ3) is 5.15. The molecule has 2 unspecified atom stereocenters. The molecule has 2 aromatic rings. The van der Waals surface area contributed by atoms with E-state index in [1.54, 1.807) is 43.3 Å². The fraction of sp³-hybridized carbons (Fsp3) is 0.158. The van der Waals surface area contributed by atoms with Crippen molar-refractivity contribution in [1.29, 1.82) is 0 Å². The molecule has 5 nitrogen and oxygen atoms in total. The lowest BCUT2D eigenvalue weighted by Crippen LogP contribution is -2.46. The average molecular weight is 331 g/mol. The van der Waals surface area contributed by atoms with Gasteiger partial charge in [0.1, 0.15) is 6.04 Å². The maximum Gasteiger partial charge on any atom is 0.251 e. The van der Waals surface area contributed by atoms with E-state index in [1.165, 1.54) is 0 Å². The molecule has 0 saturated carbocycles. The number of carbonyl (C=O) groups excluding carboxylic acids is 2. The van der Waals surface area contributed by atoms with Gasteiger partial charge in [0.25, 0.3) is 5.91 Å². The zero-order valence-corrected chi connectivity index (χ0v) is 13.8. The number of hydrogen-bond donors (Lipinski definition) is 3. The Kier molecular flexibility index (Phi) is 5.86. The van der Waals surface area contributed by atoms with Gasteiger partial charge in [-0.2, -0.15) is 0 Å². The standard InChI is InChI=1S/C19H18BN3O2/c1-12(20)17(18(22)24)23-19(25)15-8-4-13(5-9-15)2-3-14-6-10-16(21)11-7-14/h4-12,17H,21H2,1H3,(H2,22,24)(H,23,25). The molecule has 0 heterocycles. The summed E-state index contributed by atoms with van der Waals surface area (Å²) in [6, 6.07) is 13.0. The van der Waals surface area contributed by atoms with Gasteiger partial charge >= 0.3 is 0 Å². The summed E-state index contributed by atoms with van der Waals surface area (Å²) in [6.07, 6.45) is 0. The van der Waals surface area contributed by atoms with Crippen LogP contribution in [0, 0.1) is 11.8 Å². The van der Waals surface area contributed by atoms with Gasteiger partial charge < -0.3 is 16.8 Å². The molecule has 124 valence electrons.